The number of ether oxygens (including phenoxy) is 1. The first-order valence-corrected chi connectivity index (χ1v) is 8.58. The maximum atomic E-state index is 11.9. The molecule has 0 fully saturated rings. The molecule has 0 aliphatic rings. The van der Waals surface area contributed by atoms with Crippen LogP contribution in [0.4, 0.5) is 11.4 Å². The van der Waals surface area contributed by atoms with Crippen LogP contribution in [0.25, 0.3) is 0 Å². The molecular formula is C16H12Br2N2O5. The molecule has 0 spiro atoms. The van der Waals surface area contributed by atoms with E-state index in [0.29, 0.717) is 14.6 Å². The number of halogens is 2. The van der Waals surface area contributed by atoms with Gasteiger partial charge in [0.05, 0.1) is 17.0 Å². The molecule has 0 saturated heterocycles. The second kappa shape index (κ2) is 8.72. The Kier molecular flexibility index (Phi) is 6.65. The molecule has 0 aliphatic carbocycles. The topological polar surface area (TPSA) is 98.5 Å². The SMILES string of the molecule is O=C(COC(=O)Cc1ccccc1)Nc1c(Br)cc([N+](=O)[O-])cc1Br. The van der Waals surface area contributed by atoms with Gasteiger partial charge in [-0.05, 0) is 37.4 Å². The zero-order valence-corrected chi connectivity index (χ0v) is 15.9. The number of carbonyl (C=O) groups is 2. The quantitative estimate of drug-likeness (QED) is 0.392. The number of hydrogen-bond acceptors (Lipinski definition) is 5. The van der Waals surface area contributed by atoms with E-state index in [1.165, 1.54) is 12.1 Å². The number of esters is 1. The second-order valence-electron chi connectivity index (χ2n) is 4.91. The van der Waals surface area contributed by atoms with Gasteiger partial charge in [-0.15, -0.1) is 0 Å². The minimum atomic E-state index is -0.559. The van der Waals surface area contributed by atoms with Crippen LogP contribution in [0, 0.1) is 10.1 Å². The largest absolute Gasteiger partial charge is 0.455 e. The molecule has 2 aromatic carbocycles. The van der Waals surface area contributed by atoms with Crippen molar-refractivity contribution in [1.29, 1.82) is 0 Å². The first-order valence-electron chi connectivity index (χ1n) is 6.99. The van der Waals surface area contributed by atoms with Gasteiger partial charge in [-0.1, -0.05) is 30.3 Å². The summed E-state index contributed by atoms with van der Waals surface area (Å²) in [5.74, 6) is -1.08. The summed E-state index contributed by atoms with van der Waals surface area (Å²) in [6.07, 6.45) is 0.0685. The summed E-state index contributed by atoms with van der Waals surface area (Å²) in [5, 5.41) is 13.3. The van der Waals surface area contributed by atoms with Gasteiger partial charge in [-0.2, -0.15) is 0 Å². The number of hydrogen-bond donors (Lipinski definition) is 1. The van der Waals surface area contributed by atoms with Crippen LogP contribution in [0.2, 0.25) is 0 Å². The van der Waals surface area contributed by atoms with Crippen LogP contribution in [0.3, 0.4) is 0 Å². The Labute approximate surface area is 159 Å². The number of carbonyl (C=O) groups excluding carboxylic acids is 2. The standard InChI is InChI=1S/C16H12Br2N2O5/c17-12-7-11(20(23)24)8-13(18)16(12)19-14(21)9-25-15(22)6-10-4-2-1-3-5-10/h1-5,7-8H,6,9H2,(H,19,21). The van der Waals surface area contributed by atoms with Gasteiger partial charge >= 0.3 is 5.97 Å². The minimum absolute atomic E-state index is 0.0685. The highest BCUT2D eigenvalue weighted by Gasteiger charge is 2.16. The number of nitrogens with zero attached hydrogens (tertiary/aromatic N) is 1. The number of nitro benzene ring substituents is 1. The number of nitro groups is 1. The summed E-state index contributed by atoms with van der Waals surface area (Å²) >= 11 is 6.32. The van der Waals surface area contributed by atoms with Crippen molar-refractivity contribution in [3.8, 4) is 0 Å². The van der Waals surface area contributed by atoms with Gasteiger partial charge in [0.25, 0.3) is 11.6 Å². The second-order valence-corrected chi connectivity index (χ2v) is 6.62. The number of anilines is 1. The highest BCUT2D eigenvalue weighted by molar-refractivity contribution is 9.11. The number of nitrogens with one attached hydrogen (secondary N) is 1. The number of benzene rings is 2. The van der Waals surface area contributed by atoms with Crippen molar-refractivity contribution in [3.63, 3.8) is 0 Å². The van der Waals surface area contributed by atoms with Crippen LogP contribution >= 0.6 is 31.9 Å². The number of non-ortho nitro benzene ring substituents is 1. The molecule has 0 atom stereocenters. The van der Waals surface area contributed by atoms with Gasteiger partial charge in [-0.3, -0.25) is 19.7 Å². The molecule has 25 heavy (non-hydrogen) atoms. The van der Waals surface area contributed by atoms with Crippen LogP contribution in [0.15, 0.2) is 51.4 Å². The van der Waals surface area contributed by atoms with Gasteiger partial charge in [0, 0.05) is 21.1 Å². The van der Waals surface area contributed by atoms with Crippen molar-refractivity contribution >= 4 is 55.1 Å². The van der Waals surface area contributed by atoms with Gasteiger partial charge in [0.1, 0.15) is 0 Å². The van der Waals surface area contributed by atoms with Crippen LogP contribution in [0.1, 0.15) is 5.56 Å². The summed E-state index contributed by atoms with van der Waals surface area (Å²) in [4.78, 5) is 33.9. The third-order valence-corrected chi connectivity index (χ3v) is 4.31. The van der Waals surface area contributed by atoms with Crippen molar-refractivity contribution in [2.45, 2.75) is 6.42 Å². The molecule has 0 saturated carbocycles. The molecule has 0 aromatic heterocycles. The van der Waals surface area contributed by atoms with Crippen molar-refractivity contribution in [2.75, 3.05) is 11.9 Å². The molecule has 9 heteroatoms. The van der Waals surface area contributed by atoms with Crippen molar-refractivity contribution < 1.29 is 19.2 Å². The van der Waals surface area contributed by atoms with E-state index in [-0.39, 0.29) is 12.1 Å². The van der Waals surface area contributed by atoms with Gasteiger partial charge in [-0.25, -0.2) is 0 Å². The third-order valence-electron chi connectivity index (χ3n) is 3.06. The molecule has 1 N–H and O–H groups in total. The Balaban J connectivity index is 1.92. The Bertz CT molecular complexity index is 788. The van der Waals surface area contributed by atoms with Crippen molar-refractivity contribution in [1.82, 2.24) is 0 Å². The van der Waals surface area contributed by atoms with Gasteiger partial charge < -0.3 is 10.1 Å². The first-order chi connectivity index (χ1) is 11.9. The van der Waals surface area contributed by atoms with Crippen LogP contribution in [-0.2, 0) is 20.7 Å². The van der Waals surface area contributed by atoms with E-state index >= 15 is 0 Å². The highest BCUT2D eigenvalue weighted by Crippen LogP contribution is 2.35. The normalized spacial score (nSPS) is 10.2. The lowest BCUT2D eigenvalue weighted by molar-refractivity contribution is -0.385. The average molecular weight is 472 g/mol. The molecule has 7 nitrogen and oxygen atoms in total. The van der Waals surface area contributed by atoms with E-state index in [9.17, 15) is 19.7 Å². The highest BCUT2D eigenvalue weighted by atomic mass is 79.9. The third kappa shape index (κ3) is 5.64. The van der Waals surface area contributed by atoms with Crippen molar-refractivity contribution in [3.05, 3.63) is 67.1 Å². The summed E-state index contributed by atoms with van der Waals surface area (Å²) in [5.41, 5.74) is 0.967. The van der Waals surface area contributed by atoms with Gasteiger partial charge in [0.15, 0.2) is 6.61 Å². The molecule has 130 valence electrons. The number of amides is 1. The molecule has 2 aromatic rings. The van der Waals surface area contributed by atoms with Gasteiger partial charge in [0.2, 0.25) is 0 Å². The smallest absolute Gasteiger partial charge is 0.310 e. The Morgan fingerprint density at radius 2 is 1.72 bits per heavy atom. The maximum absolute atomic E-state index is 11.9. The van der Waals surface area contributed by atoms with E-state index < -0.39 is 23.4 Å². The Morgan fingerprint density at radius 3 is 2.28 bits per heavy atom. The Hall–Kier alpha value is -2.26. The fraction of sp³-hybridized carbons (Fsp3) is 0.125. The van der Waals surface area contributed by atoms with Crippen LogP contribution < -0.4 is 5.32 Å². The molecule has 0 bridgehead atoms. The van der Waals surface area contributed by atoms with E-state index in [0.717, 1.165) is 5.56 Å². The lowest BCUT2D eigenvalue weighted by Gasteiger charge is -2.10. The predicted octanol–water partition coefficient (Wildman–Crippen LogP) is 3.84. The van der Waals surface area contributed by atoms with Crippen LogP contribution in [-0.4, -0.2) is 23.4 Å². The fourth-order valence-electron chi connectivity index (χ4n) is 1.92. The summed E-state index contributed by atoms with van der Waals surface area (Å²) in [7, 11) is 0. The van der Waals surface area contributed by atoms with E-state index in [4.69, 9.17) is 4.74 Å². The zero-order chi connectivity index (χ0) is 18.4. The molecule has 2 rings (SSSR count). The van der Waals surface area contributed by atoms with E-state index in [1.807, 2.05) is 6.07 Å². The lowest BCUT2D eigenvalue weighted by atomic mass is 10.2. The van der Waals surface area contributed by atoms with E-state index in [1.54, 1.807) is 24.3 Å². The maximum Gasteiger partial charge on any atom is 0.310 e. The molecule has 0 aliphatic heterocycles. The van der Waals surface area contributed by atoms with E-state index in [2.05, 4.69) is 37.2 Å². The first kappa shape index (κ1) is 19.1. The molecular weight excluding hydrogens is 460 g/mol. The minimum Gasteiger partial charge on any atom is -0.455 e. The molecule has 0 unspecified atom stereocenters. The predicted molar refractivity (Wildman–Crippen MR) is 98.2 cm³/mol. The molecule has 1 amide bonds. The zero-order valence-electron chi connectivity index (χ0n) is 12.7. The summed E-state index contributed by atoms with van der Waals surface area (Å²) in [6, 6.07) is 11.5. The lowest BCUT2D eigenvalue weighted by Crippen LogP contribution is -2.22. The monoisotopic (exact) mass is 470 g/mol. The molecule has 0 radical (unpaired) electrons. The summed E-state index contributed by atoms with van der Waals surface area (Å²) < 4.78 is 5.59. The summed E-state index contributed by atoms with van der Waals surface area (Å²) in [6.45, 7) is -0.457. The number of rotatable bonds is 6. The van der Waals surface area contributed by atoms with Crippen LogP contribution in [0.5, 0.6) is 0 Å². The molecule has 0 heterocycles. The average Bonchev–Trinajstić information content (AvgIpc) is 2.57. The Morgan fingerprint density at radius 1 is 1.12 bits per heavy atom. The van der Waals surface area contributed by atoms with Crippen molar-refractivity contribution in [2.24, 2.45) is 0 Å². The fourth-order valence-corrected chi connectivity index (χ4v) is 3.28.